The van der Waals surface area contributed by atoms with Crippen LogP contribution in [0.2, 0.25) is 5.02 Å². The number of nitrogens with zero attached hydrogens (tertiary/aromatic N) is 1. The van der Waals surface area contributed by atoms with Gasteiger partial charge in [-0.25, -0.2) is 4.79 Å². The smallest absolute Gasteiger partial charge is 0.352 e. The van der Waals surface area contributed by atoms with Crippen LogP contribution in [-0.2, 0) is 9.59 Å². The highest BCUT2D eigenvalue weighted by atomic mass is 35.5. The van der Waals surface area contributed by atoms with Crippen LogP contribution in [-0.4, -0.2) is 24.5 Å². The molecule has 1 saturated heterocycles. The van der Waals surface area contributed by atoms with E-state index in [4.69, 9.17) is 21.1 Å². The number of hydrogen-bond donors (Lipinski definition) is 0. The van der Waals surface area contributed by atoms with Crippen molar-refractivity contribution in [1.29, 1.82) is 0 Å². The van der Waals surface area contributed by atoms with E-state index in [1.807, 2.05) is 0 Å². The summed E-state index contributed by atoms with van der Waals surface area (Å²) in [5.41, 5.74) is 0.811. The summed E-state index contributed by atoms with van der Waals surface area (Å²) in [6, 6.07) is 13.7. The van der Waals surface area contributed by atoms with Gasteiger partial charge in [0.1, 0.15) is 11.5 Å². The van der Waals surface area contributed by atoms with Gasteiger partial charge in [0.2, 0.25) is 5.91 Å². The Morgan fingerprint density at radius 2 is 1.92 bits per heavy atom. The van der Waals surface area contributed by atoms with Crippen molar-refractivity contribution in [3.63, 3.8) is 0 Å². The Kier molecular flexibility index (Phi) is 5.24. The zero-order chi connectivity index (χ0) is 17.8. The van der Waals surface area contributed by atoms with Crippen molar-refractivity contribution in [1.82, 2.24) is 0 Å². The van der Waals surface area contributed by atoms with Crippen LogP contribution in [0.1, 0.15) is 19.8 Å². The lowest BCUT2D eigenvalue weighted by Gasteiger charge is -2.17. The van der Waals surface area contributed by atoms with Crippen molar-refractivity contribution in [3.05, 3.63) is 53.6 Å². The molecule has 1 amide bonds. The third kappa shape index (κ3) is 4.31. The molecule has 5 nitrogen and oxygen atoms in total. The van der Waals surface area contributed by atoms with E-state index in [0.717, 1.165) is 18.7 Å². The quantitative estimate of drug-likeness (QED) is 0.601. The second kappa shape index (κ2) is 7.57. The first-order valence-corrected chi connectivity index (χ1v) is 8.45. The summed E-state index contributed by atoms with van der Waals surface area (Å²) in [7, 11) is 0. The van der Waals surface area contributed by atoms with E-state index in [9.17, 15) is 9.59 Å². The second-order valence-electron chi connectivity index (χ2n) is 5.78. The third-order valence-electron chi connectivity index (χ3n) is 3.88. The fraction of sp³-hybridized carbons (Fsp3) is 0.263. The molecule has 1 heterocycles. The van der Waals surface area contributed by atoms with Crippen LogP contribution in [0.15, 0.2) is 48.5 Å². The second-order valence-corrected chi connectivity index (χ2v) is 6.22. The van der Waals surface area contributed by atoms with Crippen molar-refractivity contribution >= 4 is 29.2 Å². The van der Waals surface area contributed by atoms with E-state index in [2.05, 4.69) is 0 Å². The molecule has 0 aliphatic carbocycles. The Balaban J connectivity index is 1.59. The lowest BCUT2D eigenvalue weighted by molar-refractivity contribution is -0.141. The molecule has 2 aromatic carbocycles. The van der Waals surface area contributed by atoms with Gasteiger partial charge in [-0.05, 0) is 55.8 Å². The molecule has 0 bridgehead atoms. The summed E-state index contributed by atoms with van der Waals surface area (Å²) in [6.45, 7) is 2.34. The molecule has 0 radical (unpaired) electrons. The maximum Gasteiger partial charge on any atom is 0.352 e. The monoisotopic (exact) mass is 359 g/mol. The van der Waals surface area contributed by atoms with Gasteiger partial charge in [0.15, 0.2) is 6.10 Å². The Bertz CT molecular complexity index is 775. The summed E-state index contributed by atoms with van der Waals surface area (Å²) in [5.74, 6) is 0.514. The zero-order valence-corrected chi connectivity index (χ0v) is 14.5. The number of amides is 1. The highest BCUT2D eigenvalue weighted by Gasteiger charge is 2.22. The molecule has 1 fully saturated rings. The van der Waals surface area contributed by atoms with Gasteiger partial charge in [-0.1, -0.05) is 17.7 Å². The predicted molar refractivity (Wildman–Crippen MR) is 95.2 cm³/mol. The number of esters is 1. The van der Waals surface area contributed by atoms with E-state index in [0.29, 0.717) is 22.9 Å². The molecule has 0 saturated carbocycles. The molecule has 130 valence electrons. The summed E-state index contributed by atoms with van der Waals surface area (Å²) in [4.78, 5) is 25.6. The van der Waals surface area contributed by atoms with Crippen LogP contribution in [0, 0.1) is 0 Å². The van der Waals surface area contributed by atoms with Crippen molar-refractivity contribution in [3.8, 4) is 11.5 Å². The third-order valence-corrected chi connectivity index (χ3v) is 4.12. The molecule has 2 aromatic rings. The van der Waals surface area contributed by atoms with E-state index < -0.39 is 12.1 Å². The van der Waals surface area contributed by atoms with Crippen molar-refractivity contribution in [2.75, 3.05) is 11.4 Å². The van der Waals surface area contributed by atoms with Crippen LogP contribution in [0.3, 0.4) is 0 Å². The van der Waals surface area contributed by atoms with Crippen LogP contribution in [0.4, 0.5) is 5.69 Å². The Morgan fingerprint density at radius 3 is 2.56 bits per heavy atom. The van der Waals surface area contributed by atoms with Gasteiger partial charge in [0, 0.05) is 23.7 Å². The molecule has 25 heavy (non-hydrogen) atoms. The molecule has 1 aliphatic rings. The SMILES string of the molecule is CC(Oc1cccc(Cl)c1)C(=O)Oc1ccc(N2CCCC2=O)cc1. The Morgan fingerprint density at radius 1 is 1.16 bits per heavy atom. The minimum Gasteiger partial charge on any atom is -0.479 e. The molecular formula is C19H18ClNO4. The fourth-order valence-corrected chi connectivity index (χ4v) is 2.79. The molecule has 1 unspecified atom stereocenters. The molecule has 6 heteroatoms. The van der Waals surface area contributed by atoms with Gasteiger partial charge in [-0.15, -0.1) is 0 Å². The maximum atomic E-state index is 12.2. The lowest BCUT2D eigenvalue weighted by atomic mass is 10.3. The lowest BCUT2D eigenvalue weighted by Crippen LogP contribution is -2.28. The number of halogens is 1. The first kappa shape index (κ1) is 17.3. The van der Waals surface area contributed by atoms with Crippen LogP contribution in [0.25, 0.3) is 0 Å². The van der Waals surface area contributed by atoms with Gasteiger partial charge in [-0.2, -0.15) is 0 Å². The van der Waals surface area contributed by atoms with E-state index in [1.54, 1.807) is 60.4 Å². The van der Waals surface area contributed by atoms with Crippen LogP contribution >= 0.6 is 11.6 Å². The van der Waals surface area contributed by atoms with Crippen molar-refractivity contribution < 1.29 is 19.1 Å². The van der Waals surface area contributed by atoms with E-state index in [1.165, 1.54) is 0 Å². The highest BCUT2D eigenvalue weighted by molar-refractivity contribution is 6.30. The fourth-order valence-electron chi connectivity index (χ4n) is 2.61. The molecule has 0 N–H and O–H groups in total. The topological polar surface area (TPSA) is 55.8 Å². The van der Waals surface area contributed by atoms with Gasteiger partial charge in [0.25, 0.3) is 0 Å². The minimum absolute atomic E-state index is 0.119. The predicted octanol–water partition coefficient (Wildman–Crippen LogP) is 3.84. The highest BCUT2D eigenvalue weighted by Crippen LogP contribution is 2.24. The molecule has 1 atom stereocenters. The Hall–Kier alpha value is -2.53. The molecule has 1 aliphatic heterocycles. The summed E-state index contributed by atoms with van der Waals surface area (Å²) in [5, 5.41) is 0.533. The number of anilines is 1. The number of hydrogen-bond acceptors (Lipinski definition) is 4. The average molecular weight is 360 g/mol. The van der Waals surface area contributed by atoms with E-state index in [-0.39, 0.29) is 5.91 Å². The molecule has 0 spiro atoms. The number of ether oxygens (including phenoxy) is 2. The minimum atomic E-state index is -0.779. The van der Waals surface area contributed by atoms with Gasteiger partial charge < -0.3 is 14.4 Å². The summed E-state index contributed by atoms with van der Waals surface area (Å²) in [6.07, 6.45) is 0.668. The Labute approximate surface area is 151 Å². The van der Waals surface area contributed by atoms with Crippen molar-refractivity contribution in [2.45, 2.75) is 25.9 Å². The zero-order valence-electron chi connectivity index (χ0n) is 13.8. The number of carbonyl (C=O) groups is 2. The summed E-state index contributed by atoms with van der Waals surface area (Å²) >= 11 is 5.89. The first-order valence-electron chi connectivity index (χ1n) is 8.07. The number of carbonyl (C=O) groups excluding carboxylic acids is 2. The molecule has 0 aromatic heterocycles. The molecular weight excluding hydrogens is 342 g/mol. The van der Waals surface area contributed by atoms with Crippen LogP contribution in [0.5, 0.6) is 11.5 Å². The first-order chi connectivity index (χ1) is 12.0. The standard InChI is InChI=1S/C19H18ClNO4/c1-13(24-17-5-2-4-14(20)12-17)19(23)25-16-9-7-15(8-10-16)21-11-3-6-18(21)22/h2,4-5,7-10,12-13H,3,6,11H2,1H3. The van der Waals surface area contributed by atoms with Crippen LogP contribution < -0.4 is 14.4 Å². The number of benzene rings is 2. The van der Waals surface area contributed by atoms with Gasteiger partial charge in [-0.3, -0.25) is 4.79 Å². The van der Waals surface area contributed by atoms with Crippen molar-refractivity contribution in [2.24, 2.45) is 0 Å². The van der Waals surface area contributed by atoms with E-state index >= 15 is 0 Å². The van der Waals surface area contributed by atoms with Gasteiger partial charge in [0.05, 0.1) is 0 Å². The maximum absolute atomic E-state index is 12.2. The largest absolute Gasteiger partial charge is 0.479 e. The number of rotatable bonds is 5. The average Bonchev–Trinajstić information content (AvgIpc) is 3.01. The normalized spacial score (nSPS) is 15.1. The summed E-state index contributed by atoms with van der Waals surface area (Å²) < 4.78 is 10.9. The molecule has 3 rings (SSSR count). The van der Waals surface area contributed by atoms with Gasteiger partial charge >= 0.3 is 5.97 Å².